The SMILES string of the molecule is CC1(C)C(/C=C2\C(=O)C(/C=C3/N(CCCCCC(=O)O)c4cc(C(=O)NCCS(=O)(=O)O)cc(C(=O)NCCS(=O)(=O)O)c4C3(C)C)=C2O)=[N+](CCCCCC(=O)O)c2cc(C(=O)NCCS(=O)(=O)O)cc(C(=O)NCCS(=O)(=O)O)c21. The summed E-state index contributed by atoms with van der Waals surface area (Å²) < 4.78 is 131. The molecule has 4 amide bonds. The Hall–Kier alpha value is -6.94. The molecule has 0 fully saturated rings. The summed E-state index contributed by atoms with van der Waals surface area (Å²) in [5.41, 5.74) is -2.75. The number of nitrogens with one attached hydrogen (secondary N) is 4. The van der Waals surface area contributed by atoms with Crippen LogP contribution in [0.4, 0.5) is 11.4 Å². The number of allylic oxidation sites excluding steroid dienone is 5. The van der Waals surface area contributed by atoms with Crippen molar-refractivity contribution in [1.82, 2.24) is 21.3 Å². The molecule has 0 atom stereocenters. The smallest absolute Gasteiger partial charge is 0.303 e. The third kappa shape index (κ3) is 17.1. The van der Waals surface area contributed by atoms with Gasteiger partial charge in [-0.05, 0) is 63.8 Å². The minimum atomic E-state index is -4.57. The maximum absolute atomic E-state index is 14.6. The number of aliphatic hydroxyl groups is 1. The molecule has 11 N–H and O–H groups in total. The van der Waals surface area contributed by atoms with Crippen molar-refractivity contribution in [3.8, 4) is 0 Å². The standard InChI is InChI=1S/C50H64N6O22S4/c1-49(2)37(55(17-9-5-7-11-39(57)58)35-25-29(45(63)51-13-19-79(67,68)69)23-31(41(35)49)47(65)53-15-21-81(73,74)75)27-33-43(61)34(44(33)62)28-38-50(3,4)42-32(48(66)54-16-22-82(76,77)78)24-30(46(64)52-14-20-80(70,71)72)26-36(42)56(38)18-10-6-8-12-40(59)60/h23-28H,5-22H2,1-4H3,(H10-,51,52,53,54,57,58,59,60,61,62,63,64,65,66,67,68,69,70,71,72,73,74,75,76,77,78)/p+1. The highest BCUT2D eigenvalue weighted by Crippen LogP contribution is 2.52. The Morgan fingerprint density at radius 1 is 0.561 bits per heavy atom. The number of nitrogens with zero attached hydrogens (tertiary/aromatic N) is 2. The van der Waals surface area contributed by atoms with Gasteiger partial charge in [0.1, 0.15) is 12.3 Å². The molecule has 2 aromatic rings. The number of carboxylic acids is 2. The van der Waals surface area contributed by atoms with Gasteiger partial charge in [0.25, 0.3) is 64.1 Å². The summed E-state index contributed by atoms with van der Waals surface area (Å²) in [7, 11) is -18.2. The van der Waals surface area contributed by atoms with E-state index in [1.807, 2.05) is 0 Å². The summed E-state index contributed by atoms with van der Waals surface area (Å²) in [6, 6.07) is 5.02. The average Bonchev–Trinajstić information content (AvgIpc) is 2.32. The normalized spacial score (nSPS) is 16.7. The van der Waals surface area contributed by atoms with Gasteiger partial charge in [0.15, 0.2) is 5.71 Å². The van der Waals surface area contributed by atoms with Crippen molar-refractivity contribution >= 4 is 98.9 Å². The van der Waals surface area contributed by atoms with E-state index < -0.39 is 148 Å². The summed E-state index contributed by atoms with van der Waals surface area (Å²) >= 11 is 0. The van der Waals surface area contributed by atoms with Gasteiger partial charge in [-0.1, -0.05) is 20.3 Å². The van der Waals surface area contributed by atoms with Gasteiger partial charge in [-0.25, -0.2) is 0 Å². The first-order valence-corrected chi connectivity index (χ1v) is 31.9. The van der Waals surface area contributed by atoms with Crippen molar-refractivity contribution in [2.24, 2.45) is 0 Å². The Morgan fingerprint density at radius 3 is 1.43 bits per heavy atom. The molecule has 0 aromatic heterocycles. The highest BCUT2D eigenvalue weighted by Gasteiger charge is 2.50. The van der Waals surface area contributed by atoms with Crippen LogP contribution < -0.4 is 26.2 Å². The van der Waals surface area contributed by atoms with Crippen LogP contribution in [-0.2, 0) is 65.7 Å². The van der Waals surface area contributed by atoms with Crippen molar-refractivity contribution in [2.45, 2.75) is 89.9 Å². The van der Waals surface area contributed by atoms with Crippen LogP contribution in [0.1, 0.15) is 132 Å². The molecule has 0 spiro atoms. The lowest BCUT2D eigenvalue weighted by Gasteiger charge is -2.29. The minimum absolute atomic E-state index is 0.0442. The molecular weight excluding hydrogens is 1160 g/mol. The molecule has 3 aliphatic rings. The Bertz CT molecular complexity index is 3570. The lowest BCUT2D eigenvalue weighted by molar-refractivity contribution is -0.438. The fourth-order valence-electron chi connectivity index (χ4n) is 9.80. The number of carbonyl (C=O) groups excluding carboxylic acids is 5. The summed E-state index contributed by atoms with van der Waals surface area (Å²) in [6.07, 6.45) is 4.04. The number of carboxylic acid groups (broad SMARTS) is 2. The average molecular weight is 1230 g/mol. The fourth-order valence-corrected chi connectivity index (χ4v) is 11.2. The summed E-state index contributed by atoms with van der Waals surface area (Å²) in [6.45, 7) is 4.33. The van der Waals surface area contributed by atoms with E-state index >= 15 is 0 Å². The second-order valence-corrected chi connectivity index (χ2v) is 26.8. The number of aliphatic carboxylic acids is 2. The number of aliphatic hydroxyl groups excluding tert-OH is 1. The molecule has 5 rings (SSSR count). The summed E-state index contributed by atoms with van der Waals surface area (Å²) in [4.78, 5) is 94.4. The highest BCUT2D eigenvalue weighted by molar-refractivity contribution is 7.86. The second kappa shape index (κ2) is 26.1. The van der Waals surface area contributed by atoms with Gasteiger partial charge in [0.05, 0.1) is 50.7 Å². The van der Waals surface area contributed by atoms with Crippen LogP contribution >= 0.6 is 0 Å². The minimum Gasteiger partial charge on any atom is -0.506 e. The van der Waals surface area contributed by atoms with Crippen LogP contribution in [0.5, 0.6) is 0 Å². The van der Waals surface area contributed by atoms with Gasteiger partial charge in [-0.3, -0.25) is 51.8 Å². The Labute approximate surface area is 472 Å². The largest absolute Gasteiger partial charge is 0.506 e. The van der Waals surface area contributed by atoms with Crippen molar-refractivity contribution in [3.63, 3.8) is 0 Å². The van der Waals surface area contributed by atoms with Gasteiger partial charge < -0.3 is 41.5 Å². The maximum Gasteiger partial charge on any atom is 0.303 e. The van der Waals surface area contributed by atoms with Crippen molar-refractivity contribution in [3.05, 3.63) is 92.4 Å². The van der Waals surface area contributed by atoms with Crippen LogP contribution in [-0.4, -0.2) is 181 Å². The molecule has 32 heteroatoms. The Kier molecular flexibility index (Phi) is 21.0. The van der Waals surface area contributed by atoms with Crippen molar-refractivity contribution in [2.75, 3.05) is 67.2 Å². The van der Waals surface area contributed by atoms with E-state index in [4.69, 9.17) is 0 Å². The van der Waals surface area contributed by atoms with E-state index in [-0.39, 0.29) is 119 Å². The van der Waals surface area contributed by atoms with Crippen LogP contribution in [0.2, 0.25) is 0 Å². The van der Waals surface area contributed by atoms with E-state index in [0.717, 1.165) is 12.1 Å². The number of rotatable bonds is 30. The molecule has 2 heterocycles. The number of anilines is 1. The van der Waals surface area contributed by atoms with E-state index in [1.165, 1.54) is 24.3 Å². The van der Waals surface area contributed by atoms with Crippen LogP contribution in [0.25, 0.3) is 0 Å². The lowest BCUT2D eigenvalue weighted by Crippen LogP contribution is -2.35. The monoisotopic (exact) mass is 1230 g/mol. The molecule has 0 unspecified atom stereocenters. The maximum atomic E-state index is 14.6. The zero-order chi connectivity index (χ0) is 61.5. The number of ketones is 1. The molecule has 2 aromatic carbocycles. The first kappa shape index (κ1) is 65.9. The molecule has 0 radical (unpaired) electrons. The van der Waals surface area contributed by atoms with Crippen molar-refractivity contribution in [1.29, 1.82) is 0 Å². The number of amides is 4. The fraction of sp³-hybridized carbons (Fsp3) is 0.480. The Morgan fingerprint density at radius 2 is 0.988 bits per heavy atom. The summed E-state index contributed by atoms with van der Waals surface area (Å²) in [5.74, 6) is -10.7. The quantitative estimate of drug-likeness (QED) is 0.0230. The van der Waals surface area contributed by atoms with E-state index in [0.29, 0.717) is 12.8 Å². The number of carbonyl (C=O) groups is 7. The van der Waals surface area contributed by atoms with Crippen LogP contribution in [0.3, 0.4) is 0 Å². The lowest BCUT2D eigenvalue weighted by atomic mass is 9.75. The first-order valence-electron chi connectivity index (χ1n) is 25.4. The molecule has 0 saturated heterocycles. The van der Waals surface area contributed by atoms with Gasteiger partial charge in [-0.15, -0.1) is 0 Å². The van der Waals surface area contributed by atoms with Crippen LogP contribution in [0, 0.1) is 0 Å². The topological polar surface area (TPSA) is 452 Å². The molecule has 450 valence electrons. The molecule has 0 bridgehead atoms. The number of hydrogen-bond acceptors (Lipinski definition) is 17. The number of unbranched alkanes of at least 4 members (excludes halogenated alkanes) is 4. The predicted molar refractivity (Wildman–Crippen MR) is 294 cm³/mol. The van der Waals surface area contributed by atoms with Gasteiger partial charge in [0.2, 0.25) is 11.5 Å². The number of hydrogen-bond donors (Lipinski definition) is 11. The zero-order valence-corrected chi connectivity index (χ0v) is 48.2. The first-order chi connectivity index (χ1) is 37.8. The molecule has 28 nitrogen and oxygen atoms in total. The molecule has 1 aliphatic carbocycles. The third-order valence-electron chi connectivity index (χ3n) is 13.6. The predicted octanol–water partition coefficient (Wildman–Crippen LogP) is 1.83. The van der Waals surface area contributed by atoms with E-state index in [1.54, 1.807) is 37.2 Å². The second-order valence-electron chi connectivity index (χ2n) is 20.5. The van der Waals surface area contributed by atoms with Gasteiger partial charge in [-0.2, -0.15) is 38.2 Å². The van der Waals surface area contributed by atoms with Crippen molar-refractivity contribution < 1.29 is 105 Å². The molecular formula is C50H65N6O22S4+. The zero-order valence-electron chi connectivity index (χ0n) is 45.0. The van der Waals surface area contributed by atoms with Gasteiger partial charge >= 0.3 is 11.9 Å². The van der Waals surface area contributed by atoms with Gasteiger partial charge in [0, 0.05) is 103 Å². The molecule has 82 heavy (non-hydrogen) atoms. The molecule has 0 saturated carbocycles. The third-order valence-corrected chi connectivity index (χ3v) is 16.5. The highest BCUT2D eigenvalue weighted by atomic mass is 32.2. The number of Topliss-reactive ketones (excluding diaryl/α,β-unsaturated/α-hetero) is 1. The van der Waals surface area contributed by atoms with E-state index in [2.05, 4.69) is 21.3 Å². The van der Waals surface area contributed by atoms with E-state index in [9.17, 15) is 101 Å². The summed E-state index contributed by atoms with van der Waals surface area (Å²) in [5, 5.41) is 40.1. The number of fused-ring (bicyclic) bond motifs is 2. The number of benzene rings is 2. The Balaban J connectivity index is 1.71. The molecule has 2 aliphatic heterocycles. The van der Waals surface area contributed by atoms with Crippen LogP contribution in [0.15, 0.2) is 59.0 Å².